The van der Waals surface area contributed by atoms with Crippen molar-refractivity contribution in [3.05, 3.63) is 34.9 Å². The van der Waals surface area contributed by atoms with Crippen molar-refractivity contribution in [2.75, 3.05) is 46.4 Å². The number of benzene rings is 1. The maximum Gasteiger partial charge on any atom is 0.234 e. The Hall–Kier alpha value is -1.14. The van der Waals surface area contributed by atoms with Crippen LogP contribution in [0.5, 0.6) is 0 Å². The molecule has 0 radical (unpaired) electrons. The summed E-state index contributed by atoms with van der Waals surface area (Å²) in [5.74, 6) is 0.0332. The third-order valence-corrected chi connectivity index (χ3v) is 4.77. The Bertz CT molecular complexity index is 545. The van der Waals surface area contributed by atoms with Crippen LogP contribution in [0, 0.1) is 0 Å². The molecular formula is C18H28ClN3O2. The highest BCUT2D eigenvalue weighted by atomic mass is 35.5. The van der Waals surface area contributed by atoms with E-state index in [1.807, 2.05) is 36.2 Å². The molecule has 1 saturated heterocycles. The van der Waals surface area contributed by atoms with Gasteiger partial charge in [0.1, 0.15) is 0 Å². The van der Waals surface area contributed by atoms with Crippen LogP contribution in [-0.2, 0) is 16.1 Å². The van der Waals surface area contributed by atoms with Crippen molar-refractivity contribution in [2.24, 2.45) is 0 Å². The van der Waals surface area contributed by atoms with E-state index in [-0.39, 0.29) is 11.4 Å². The zero-order valence-corrected chi connectivity index (χ0v) is 15.6. The molecule has 5 nitrogen and oxygen atoms in total. The van der Waals surface area contributed by atoms with Crippen LogP contribution in [0.1, 0.15) is 19.4 Å². The molecule has 0 bridgehead atoms. The molecule has 0 unspecified atom stereocenters. The Morgan fingerprint density at radius 2 is 2.00 bits per heavy atom. The maximum atomic E-state index is 12.2. The van der Waals surface area contributed by atoms with Crippen LogP contribution in [-0.4, -0.2) is 67.7 Å². The number of hydrogen-bond donors (Lipinski definition) is 1. The van der Waals surface area contributed by atoms with E-state index >= 15 is 0 Å². The number of hydrogen-bond acceptors (Lipinski definition) is 4. The second-order valence-corrected chi connectivity index (χ2v) is 7.36. The summed E-state index contributed by atoms with van der Waals surface area (Å²) in [6.45, 7) is 9.30. The van der Waals surface area contributed by atoms with Gasteiger partial charge in [-0.2, -0.15) is 0 Å². The fourth-order valence-electron chi connectivity index (χ4n) is 2.87. The lowest BCUT2D eigenvalue weighted by atomic mass is 10.0. The van der Waals surface area contributed by atoms with Gasteiger partial charge in [0.2, 0.25) is 5.91 Å². The summed E-state index contributed by atoms with van der Waals surface area (Å²) in [6.07, 6.45) is 0. The predicted octanol–water partition coefficient (Wildman–Crippen LogP) is 2.00. The molecule has 1 fully saturated rings. The molecule has 0 spiro atoms. The molecule has 1 aromatic rings. The van der Waals surface area contributed by atoms with Crippen LogP contribution in [0.2, 0.25) is 5.02 Å². The maximum absolute atomic E-state index is 12.2. The molecule has 2 rings (SSSR count). The topological polar surface area (TPSA) is 44.8 Å². The SMILES string of the molecule is CN(CC(=O)NCC(C)(C)N1CCOCC1)Cc1ccccc1Cl. The van der Waals surface area contributed by atoms with Crippen LogP contribution in [0.3, 0.4) is 0 Å². The first-order valence-electron chi connectivity index (χ1n) is 8.40. The Labute approximate surface area is 149 Å². The number of ether oxygens (including phenoxy) is 1. The molecule has 1 amide bonds. The van der Waals surface area contributed by atoms with Gasteiger partial charge >= 0.3 is 0 Å². The highest BCUT2D eigenvalue weighted by Crippen LogP contribution is 2.17. The molecular weight excluding hydrogens is 326 g/mol. The van der Waals surface area contributed by atoms with Crippen LogP contribution in [0.4, 0.5) is 0 Å². The largest absolute Gasteiger partial charge is 0.379 e. The Morgan fingerprint density at radius 1 is 1.33 bits per heavy atom. The van der Waals surface area contributed by atoms with E-state index < -0.39 is 0 Å². The predicted molar refractivity (Wildman–Crippen MR) is 97.3 cm³/mol. The Kier molecular flexibility index (Phi) is 7.04. The molecule has 0 aliphatic carbocycles. The summed E-state index contributed by atoms with van der Waals surface area (Å²) in [7, 11) is 1.93. The van der Waals surface area contributed by atoms with Crippen molar-refractivity contribution in [2.45, 2.75) is 25.9 Å². The van der Waals surface area contributed by atoms with Gasteiger partial charge in [0.15, 0.2) is 0 Å². The summed E-state index contributed by atoms with van der Waals surface area (Å²) in [5, 5.41) is 3.79. The molecule has 1 aromatic carbocycles. The summed E-state index contributed by atoms with van der Waals surface area (Å²) in [6, 6.07) is 7.72. The summed E-state index contributed by atoms with van der Waals surface area (Å²) in [4.78, 5) is 16.6. The average Bonchev–Trinajstić information content (AvgIpc) is 2.56. The minimum Gasteiger partial charge on any atom is -0.379 e. The van der Waals surface area contributed by atoms with Gasteiger partial charge in [-0.1, -0.05) is 29.8 Å². The van der Waals surface area contributed by atoms with E-state index in [0.29, 0.717) is 19.6 Å². The van der Waals surface area contributed by atoms with Crippen LogP contribution < -0.4 is 5.32 Å². The van der Waals surface area contributed by atoms with Crippen LogP contribution in [0.15, 0.2) is 24.3 Å². The monoisotopic (exact) mass is 353 g/mol. The third-order valence-electron chi connectivity index (χ3n) is 4.40. The van der Waals surface area contributed by atoms with Crippen molar-refractivity contribution in [3.8, 4) is 0 Å². The number of amides is 1. The van der Waals surface area contributed by atoms with E-state index in [4.69, 9.17) is 16.3 Å². The second kappa shape index (κ2) is 8.81. The number of carbonyl (C=O) groups is 1. The molecule has 0 aromatic heterocycles. The lowest BCUT2D eigenvalue weighted by Gasteiger charge is -2.40. The number of morpholine rings is 1. The van der Waals surface area contributed by atoms with Gasteiger partial charge in [0.05, 0.1) is 19.8 Å². The average molecular weight is 354 g/mol. The van der Waals surface area contributed by atoms with Gasteiger partial charge in [-0.05, 0) is 32.5 Å². The zero-order valence-electron chi connectivity index (χ0n) is 14.8. The van der Waals surface area contributed by atoms with Gasteiger partial charge in [0, 0.05) is 36.7 Å². The minimum atomic E-state index is -0.0687. The van der Waals surface area contributed by atoms with E-state index in [1.165, 1.54) is 0 Å². The van der Waals surface area contributed by atoms with E-state index in [0.717, 1.165) is 36.9 Å². The van der Waals surface area contributed by atoms with Crippen molar-refractivity contribution < 1.29 is 9.53 Å². The summed E-state index contributed by atoms with van der Waals surface area (Å²) < 4.78 is 5.39. The third kappa shape index (κ3) is 5.74. The van der Waals surface area contributed by atoms with E-state index in [9.17, 15) is 4.79 Å². The van der Waals surface area contributed by atoms with Crippen LogP contribution in [0.25, 0.3) is 0 Å². The van der Waals surface area contributed by atoms with Crippen molar-refractivity contribution in [1.29, 1.82) is 0 Å². The fraction of sp³-hybridized carbons (Fsp3) is 0.611. The highest BCUT2D eigenvalue weighted by Gasteiger charge is 2.28. The molecule has 1 N–H and O–H groups in total. The molecule has 6 heteroatoms. The van der Waals surface area contributed by atoms with E-state index in [2.05, 4.69) is 24.1 Å². The number of nitrogens with zero attached hydrogens (tertiary/aromatic N) is 2. The normalized spacial score (nSPS) is 16.4. The van der Waals surface area contributed by atoms with Gasteiger partial charge < -0.3 is 10.1 Å². The first-order valence-corrected chi connectivity index (χ1v) is 8.78. The molecule has 1 aliphatic heterocycles. The molecule has 1 heterocycles. The molecule has 0 atom stereocenters. The first-order chi connectivity index (χ1) is 11.4. The number of carbonyl (C=O) groups excluding carboxylic acids is 1. The first kappa shape index (κ1) is 19.2. The summed E-state index contributed by atoms with van der Waals surface area (Å²) >= 11 is 6.17. The standard InChI is InChI=1S/C18H28ClN3O2/c1-18(2,22-8-10-24-11-9-22)14-20-17(23)13-21(3)12-15-6-4-5-7-16(15)19/h4-7H,8-14H2,1-3H3,(H,20,23). The lowest BCUT2D eigenvalue weighted by Crippen LogP contribution is -2.56. The van der Waals surface area contributed by atoms with Crippen molar-refractivity contribution in [1.82, 2.24) is 15.1 Å². The lowest BCUT2D eigenvalue weighted by molar-refractivity contribution is -0.122. The van der Waals surface area contributed by atoms with Crippen molar-refractivity contribution in [3.63, 3.8) is 0 Å². The Balaban J connectivity index is 1.77. The highest BCUT2D eigenvalue weighted by molar-refractivity contribution is 6.31. The van der Waals surface area contributed by atoms with Crippen LogP contribution >= 0.6 is 11.6 Å². The molecule has 134 valence electrons. The molecule has 24 heavy (non-hydrogen) atoms. The smallest absolute Gasteiger partial charge is 0.234 e. The van der Waals surface area contributed by atoms with Gasteiger partial charge in [-0.3, -0.25) is 14.6 Å². The number of rotatable bonds is 7. The van der Waals surface area contributed by atoms with Crippen molar-refractivity contribution >= 4 is 17.5 Å². The zero-order chi connectivity index (χ0) is 17.6. The van der Waals surface area contributed by atoms with Gasteiger partial charge in [-0.15, -0.1) is 0 Å². The second-order valence-electron chi connectivity index (χ2n) is 6.95. The fourth-order valence-corrected chi connectivity index (χ4v) is 3.07. The van der Waals surface area contributed by atoms with Gasteiger partial charge in [-0.25, -0.2) is 0 Å². The molecule has 0 saturated carbocycles. The minimum absolute atomic E-state index is 0.0332. The number of halogens is 1. The Morgan fingerprint density at radius 3 is 2.67 bits per heavy atom. The van der Waals surface area contributed by atoms with Gasteiger partial charge in [0.25, 0.3) is 0 Å². The number of nitrogens with one attached hydrogen (secondary N) is 1. The quantitative estimate of drug-likeness (QED) is 0.814. The molecule has 1 aliphatic rings. The van der Waals surface area contributed by atoms with E-state index in [1.54, 1.807) is 0 Å². The number of likely N-dealkylation sites (N-methyl/N-ethyl adjacent to an activating group) is 1. The summed E-state index contributed by atoms with van der Waals surface area (Å²) in [5.41, 5.74) is 0.962.